The Hall–Kier alpha value is -1.16. The number of ketones is 1. The summed E-state index contributed by atoms with van der Waals surface area (Å²) in [5, 5.41) is 4.16. The first-order valence-corrected chi connectivity index (χ1v) is 5.97. The van der Waals surface area contributed by atoms with E-state index in [0.29, 0.717) is 12.0 Å². The highest BCUT2D eigenvalue weighted by Crippen LogP contribution is 2.17. The van der Waals surface area contributed by atoms with Crippen molar-refractivity contribution in [3.8, 4) is 0 Å². The molecule has 1 aromatic heterocycles. The molecule has 2 rings (SSSR count). The van der Waals surface area contributed by atoms with E-state index in [1.165, 1.54) is 0 Å². The van der Waals surface area contributed by atoms with Crippen LogP contribution in [0.4, 0.5) is 0 Å². The van der Waals surface area contributed by atoms with Crippen molar-refractivity contribution in [1.29, 1.82) is 0 Å². The summed E-state index contributed by atoms with van der Waals surface area (Å²) in [4.78, 5) is 11.9. The Bertz CT molecular complexity index is 354. The van der Waals surface area contributed by atoms with E-state index in [4.69, 9.17) is 4.74 Å². The molecule has 0 amide bonds. The molecule has 1 fully saturated rings. The number of carbonyl (C=O) groups excluding carboxylic acids is 1. The lowest BCUT2D eigenvalue weighted by atomic mass is 10.1. The second-order valence-corrected chi connectivity index (χ2v) is 4.25. The van der Waals surface area contributed by atoms with Gasteiger partial charge in [-0.1, -0.05) is 6.92 Å². The molecule has 2 heterocycles. The zero-order chi connectivity index (χ0) is 11.4. The SMILES string of the molecule is CCCn1cc(C(=O)CC2CCCO2)cn1. The molecule has 1 saturated heterocycles. The molecule has 1 atom stereocenters. The van der Waals surface area contributed by atoms with E-state index in [0.717, 1.165) is 32.4 Å². The molecular weight excluding hydrogens is 204 g/mol. The number of rotatable bonds is 5. The van der Waals surface area contributed by atoms with E-state index < -0.39 is 0 Å². The van der Waals surface area contributed by atoms with Gasteiger partial charge in [0.05, 0.1) is 17.9 Å². The van der Waals surface area contributed by atoms with Gasteiger partial charge >= 0.3 is 0 Å². The summed E-state index contributed by atoms with van der Waals surface area (Å²) >= 11 is 0. The highest BCUT2D eigenvalue weighted by molar-refractivity contribution is 5.95. The maximum absolute atomic E-state index is 11.9. The number of ether oxygens (including phenoxy) is 1. The van der Waals surface area contributed by atoms with E-state index >= 15 is 0 Å². The van der Waals surface area contributed by atoms with Crippen LogP contribution in [0.2, 0.25) is 0 Å². The van der Waals surface area contributed by atoms with Crippen LogP contribution in [-0.4, -0.2) is 28.3 Å². The van der Waals surface area contributed by atoms with Crippen LogP contribution in [-0.2, 0) is 11.3 Å². The maximum Gasteiger partial charge on any atom is 0.168 e. The average molecular weight is 222 g/mol. The Morgan fingerprint density at radius 3 is 3.25 bits per heavy atom. The molecule has 4 heteroatoms. The molecule has 1 unspecified atom stereocenters. The predicted molar refractivity (Wildman–Crippen MR) is 60.4 cm³/mol. The van der Waals surface area contributed by atoms with Crippen molar-refractivity contribution in [3.63, 3.8) is 0 Å². The second kappa shape index (κ2) is 5.25. The van der Waals surface area contributed by atoms with Gasteiger partial charge in [-0.25, -0.2) is 0 Å². The van der Waals surface area contributed by atoms with Crippen molar-refractivity contribution in [2.24, 2.45) is 0 Å². The Morgan fingerprint density at radius 2 is 2.56 bits per heavy atom. The number of Topliss-reactive ketones (excluding diaryl/α,β-unsaturated/α-hetero) is 1. The summed E-state index contributed by atoms with van der Waals surface area (Å²) in [6.07, 6.45) is 7.23. The summed E-state index contributed by atoms with van der Waals surface area (Å²) < 4.78 is 7.27. The van der Waals surface area contributed by atoms with E-state index in [1.54, 1.807) is 6.20 Å². The van der Waals surface area contributed by atoms with Crippen LogP contribution in [0.15, 0.2) is 12.4 Å². The molecule has 0 N–H and O–H groups in total. The van der Waals surface area contributed by atoms with Crippen LogP contribution in [0, 0.1) is 0 Å². The van der Waals surface area contributed by atoms with Gasteiger partial charge in [0.15, 0.2) is 5.78 Å². The molecule has 0 saturated carbocycles. The van der Waals surface area contributed by atoms with Crippen molar-refractivity contribution >= 4 is 5.78 Å². The Kier molecular flexibility index (Phi) is 3.72. The summed E-state index contributed by atoms with van der Waals surface area (Å²) in [6, 6.07) is 0. The standard InChI is InChI=1S/C12H18N2O2/c1-2-5-14-9-10(8-13-14)12(15)7-11-4-3-6-16-11/h8-9,11H,2-7H2,1H3. The number of carbonyl (C=O) groups is 1. The van der Waals surface area contributed by atoms with Crippen molar-refractivity contribution < 1.29 is 9.53 Å². The first-order chi connectivity index (χ1) is 7.79. The Morgan fingerprint density at radius 1 is 1.69 bits per heavy atom. The van der Waals surface area contributed by atoms with Gasteiger partial charge in [0.1, 0.15) is 0 Å². The normalized spacial score (nSPS) is 20.2. The second-order valence-electron chi connectivity index (χ2n) is 4.25. The highest BCUT2D eigenvalue weighted by Gasteiger charge is 2.20. The van der Waals surface area contributed by atoms with Crippen molar-refractivity contribution in [3.05, 3.63) is 18.0 Å². The summed E-state index contributed by atoms with van der Waals surface area (Å²) in [5.74, 6) is 0.147. The van der Waals surface area contributed by atoms with Crippen LogP contribution in [0.1, 0.15) is 43.0 Å². The molecule has 1 aromatic rings. The lowest BCUT2D eigenvalue weighted by Crippen LogP contribution is -2.12. The number of hydrogen-bond acceptors (Lipinski definition) is 3. The molecule has 1 aliphatic heterocycles. The van der Waals surface area contributed by atoms with Gasteiger partial charge < -0.3 is 4.74 Å². The smallest absolute Gasteiger partial charge is 0.168 e. The topological polar surface area (TPSA) is 44.1 Å². The van der Waals surface area contributed by atoms with E-state index in [9.17, 15) is 4.79 Å². The molecule has 0 bridgehead atoms. The van der Waals surface area contributed by atoms with Crippen LogP contribution in [0.3, 0.4) is 0 Å². The highest BCUT2D eigenvalue weighted by atomic mass is 16.5. The van der Waals surface area contributed by atoms with E-state index in [2.05, 4.69) is 12.0 Å². The molecule has 1 aliphatic rings. The largest absolute Gasteiger partial charge is 0.378 e. The molecule has 0 radical (unpaired) electrons. The van der Waals surface area contributed by atoms with Crippen molar-refractivity contribution in [2.45, 2.75) is 45.3 Å². The minimum atomic E-state index is 0.127. The molecule has 0 aromatic carbocycles. The fraction of sp³-hybridized carbons (Fsp3) is 0.667. The minimum Gasteiger partial charge on any atom is -0.378 e. The third-order valence-electron chi connectivity index (χ3n) is 2.84. The Labute approximate surface area is 95.6 Å². The monoisotopic (exact) mass is 222 g/mol. The van der Waals surface area contributed by atoms with Gasteiger partial charge in [-0.2, -0.15) is 5.10 Å². The zero-order valence-electron chi connectivity index (χ0n) is 9.69. The number of aryl methyl sites for hydroxylation is 1. The van der Waals surface area contributed by atoms with Gasteiger partial charge in [-0.3, -0.25) is 9.48 Å². The first-order valence-electron chi connectivity index (χ1n) is 5.97. The lowest BCUT2D eigenvalue weighted by Gasteiger charge is -2.06. The van der Waals surface area contributed by atoms with Crippen LogP contribution in [0.5, 0.6) is 0 Å². The van der Waals surface area contributed by atoms with Gasteiger partial charge in [-0.05, 0) is 19.3 Å². The minimum absolute atomic E-state index is 0.127. The van der Waals surface area contributed by atoms with Gasteiger partial charge in [-0.15, -0.1) is 0 Å². The average Bonchev–Trinajstić information content (AvgIpc) is 2.89. The van der Waals surface area contributed by atoms with E-state index in [1.807, 2.05) is 10.9 Å². The first kappa shape index (κ1) is 11.3. The Balaban J connectivity index is 1.91. The molecule has 4 nitrogen and oxygen atoms in total. The van der Waals surface area contributed by atoms with Crippen molar-refractivity contribution in [1.82, 2.24) is 9.78 Å². The fourth-order valence-electron chi connectivity index (χ4n) is 1.99. The molecule has 0 aliphatic carbocycles. The zero-order valence-corrected chi connectivity index (χ0v) is 9.69. The van der Waals surface area contributed by atoms with Gasteiger partial charge in [0.25, 0.3) is 0 Å². The van der Waals surface area contributed by atoms with Gasteiger partial charge in [0, 0.05) is 25.8 Å². The van der Waals surface area contributed by atoms with Crippen LogP contribution < -0.4 is 0 Å². The third kappa shape index (κ3) is 2.70. The number of hydrogen-bond donors (Lipinski definition) is 0. The summed E-state index contributed by atoms with van der Waals surface area (Å²) in [6.45, 7) is 3.76. The van der Waals surface area contributed by atoms with Crippen LogP contribution in [0.25, 0.3) is 0 Å². The molecule has 16 heavy (non-hydrogen) atoms. The van der Waals surface area contributed by atoms with E-state index in [-0.39, 0.29) is 11.9 Å². The predicted octanol–water partition coefficient (Wildman–Crippen LogP) is 2.04. The fourth-order valence-corrected chi connectivity index (χ4v) is 1.99. The summed E-state index contributed by atoms with van der Waals surface area (Å²) in [7, 11) is 0. The quantitative estimate of drug-likeness (QED) is 0.716. The maximum atomic E-state index is 11.9. The molecule has 88 valence electrons. The number of aromatic nitrogens is 2. The molecular formula is C12H18N2O2. The lowest BCUT2D eigenvalue weighted by molar-refractivity contribution is 0.0775. The number of nitrogens with zero attached hydrogens (tertiary/aromatic N) is 2. The summed E-state index contributed by atoms with van der Waals surface area (Å²) in [5.41, 5.74) is 0.712. The molecule has 0 spiro atoms. The van der Waals surface area contributed by atoms with Crippen LogP contribution >= 0.6 is 0 Å². The van der Waals surface area contributed by atoms with Crippen molar-refractivity contribution in [2.75, 3.05) is 6.61 Å². The van der Waals surface area contributed by atoms with Gasteiger partial charge in [0.2, 0.25) is 0 Å². The third-order valence-corrected chi connectivity index (χ3v) is 2.84.